The van der Waals surface area contributed by atoms with Gasteiger partial charge >= 0.3 is 0 Å². The van der Waals surface area contributed by atoms with Gasteiger partial charge in [0.25, 0.3) is 0 Å². The van der Waals surface area contributed by atoms with Crippen LogP contribution in [0.15, 0.2) is 23.1 Å². The lowest BCUT2D eigenvalue weighted by molar-refractivity contribution is 0.414. The number of methoxy groups -OCH3 is 1. The van der Waals surface area contributed by atoms with E-state index in [-0.39, 0.29) is 16.3 Å². The van der Waals surface area contributed by atoms with Gasteiger partial charge in [-0.25, -0.2) is 16.8 Å². The van der Waals surface area contributed by atoms with Crippen LogP contribution < -0.4 is 14.8 Å². The van der Waals surface area contributed by atoms with Gasteiger partial charge in [0.2, 0.25) is 20.0 Å². The Morgan fingerprint density at radius 1 is 1.20 bits per heavy atom. The van der Waals surface area contributed by atoms with Crippen LogP contribution in [0.4, 0.5) is 5.69 Å². The summed E-state index contributed by atoms with van der Waals surface area (Å²) >= 11 is 0. The Morgan fingerprint density at radius 3 is 2.40 bits per heavy atom. The molecule has 0 unspecified atom stereocenters. The van der Waals surface area contributed by atoms with E-state index in [2.05, 4.69) is 10.0 Å². The Bertz CT molecular complexity index is 842. The van der Waals surface area contributed by atoms with Crippen molar-refractivity contribution in [3.05, 3.63) is 18.2 Å². The van der Waals surface area contributed by atoms with Crippen LogP contribution in [0.3, 0.4) is 0 Å². The van der Waals surface area contributed by atoms with Crippen LogP contribution >= 0.6 is 0 Å². The number of benzene rings is 1. The fraction of sp³-hybridized carbons (Fsp3) is 0.600. The molecule has 25 heavy (non-hydrogen) atoms. The maximum absolute atomic E-state index is 13.1. The van der Waals surface area contributed by atoms with Crippen LogP contribution in [0.2, 0.25) is 0 Å². The molecule has 2 heterocycles. The molecule has 140 valence electrons. The number of rotatable bonds is 6. The maximum Gasteiger partial charge on any atom is 0.245 e. The molecule has 0 saturated carbocycles. The number of ether oxygens (including phenoxy) is 1. The highest BCUT2D eigenvalue weighted by Gasteiger charge is 2.42. The third kappa shape index (κ3) is 3.62. The summed E-state index contributed by atoms with van der Waals surface area (Å²) < 4.78 is 59.0. The predicted octanol–water partition coefficient (Wildman–Crippen LogP) is 0.297. The molecule has 1 aromatic rings. The summed E-state index contributed by atoms with van der Waals surface area (Å²) in [7, 11) is -5.97. The fourth-order valence-corrected chi connectivity index (χ4v) is 5.72. The number of anilines is 1. The molecule has 2 saturated heterocycles. The molecule has 2 aliphatic rings. The van der Waals surface area contributed by atoms with E-state index in [1.165, 1.54) is 36.5 Å². The molecule has 0 aromatic heterocycles. The largest absolute Gasteiger partial charge is 0.497 e. The van der Waals surface area contributed by atoms with Crippen LogP contribution in [0.5, 0.6) is 5.75 Å². The molecule has 0 spiro atoms. The van der Waals surface area contributed by atoms with Crippen molar-refractivity contribution in [2.45, 2.75) is 11.8 Å². The quantitative estimate of drug-likeness (QED) is 0.725. The Balaban J connectivity index is 1.97. The molecule has 2 fully saturated rings. The van der Waals surface area contributed by atoms with Gasteiger partial charge in [-0.3, -0.25) is 4.72 Å². The average molecular weight is 389 g/mol. The molecular weight excluding hydrogens is 366 g/mol. The molecule has 0 radical (unpaired) electrons. The first-order valence-corrected chi connectivity index (χ1v) is 11.3. The molecule has 0 amide bonds. The third-order valence-electron chi connectivity index (χ3n) is 4.81. The molecular formula is C15H23N3O5S2. The van der Waals surface area contributed by atoms with Gasteiger partial charge in [-0.15, -0.1) is 0 Å². The second-order valence-electron chi connectivity index (χ2n) is 6.37. The smallest absolute Gasteiger partial charge is 0.245 e. The van der Waals surface area contributed by atoms with Gasteiger partial charge < -0.3 is 10.1 Å². The lowest BCUT2D eigenvalue weighted by Gasteiger charge is -2.20. The molecule has 8 nitrogen and oxygen atoms in total. The summed E-state index contributed by atoms with van der Waals surface area (Å²) in [6.07, 6.45) is 0. The summed E-state index contributed by atoms with van der Waals surface area (Å²) in [5, 5.41) is 3.27. The second kappa shape index (κ2) is 6.75. The van der Waals surface area contributed by atoms with Crippen molar-refractivity contribution in [2.24, 2.45) is 11.8 Å². The van der Waals surface area contributed by atoms with E-state index >= 15 is 0 Å². The average Bonchev–Trinajstić information content (AvgIpc) is 3.16. The standard InChI is InChI=1S/C15H23N3O5S2/c1-3-24(19,20)17-14-6-13(23-2)4-5-15(14)25(21,22)18-9-11-7-16-8-12(11)10-18/h4-6,11-12,16-17H,3,7-10H2,1-2H3/t11-,12+. The number of hydrogen-bond donors (Lipinski definition) is 2. The Hall–Kier alpha value is -1.36. The van der Waals surface area contributed by atoms with Crippen LogP contribution in [0.25, 0.3) is 0 Å². The first kappa shape index (κ1) is 18.4. The van der Waals surface area contributed by atoms with Gasteiger partial charge in [-0.1, -0.05) is 0 Å². The van der Waals surface area contributed by atoms with Crippen molar-refractivity contribution in [1.29, 1.82) is 0 Å². The molecule has 0 bridgehead atoms. The van der Waals surface area contributed by atoms with Crippen LogP contribution in [0, 0.1) is 11.8 Å². The van der Waals surface area contributed by atoms with E-state index in [0.29, 0.717) is 30.7 Å². The van der Waals surface area contributed by atoms with Gasteiger partial charge in [-0.05, 0) is 44.0 Å². The van der Waals surface area contributed by atoms with E-state index in [9.17, 15) is 16.8 Å². The fourth-order valence-electron chi connectivity index (χ4n) is 3.33. The van der Waals surface area contributed by atoms with Crippen molar-refractivity contribution in [3.63, 3.8) is 0 Å². The third-order valence-corrected chi connectivity index (χ3v) is 7.99. The Labute approximate surface area is 148 Å². The van der Waals surface area contributed by atoms with Gasteiger partial charge in [0, 0.05) is 19.2 Å². The van der Waals surface area contributed by atoms with E-state index in [0.717, 1.165) is 13.1 Å². The highest BCUT2D eigenvalue weighted by molar-refractivity contribution is 7.93. The normalized spacial score (nSPS) is 24.2. The molecule has 10 heteroatoms. The Morgan fingerprint density at radius 2 is 1.84 bits per heavy atom. The van der Waals surface area contributed by atoms with Crippen molar-refractivity contribution in [3.8, 4) is 5.75 Å². The number of hydrogen-bond acceptors (Lipinski definition) is 6. The van der Waals surface area contributed by atoms with E-state index < -0.39 is 20.0 Å². The lowest BCUT2D eigenvalue weighted by Crippen LogP contribution is -2.32. The molecule has 0 aliphatic carbocycles. The van der Waals surface area contributed by atoms with Crippen molar-refractivity contribution < 1.29 is 21.6 Å². The van der Waals surface area contributed by atoms with Crippen molar-refractivity contribution in [2.75, 3.05) is 43.8 Å². The highest BCUT2D eigenvalue weighted by Crippen LogP contribution is 2.35. The minimum absolute atomic E-state index is 0.0244. The number of sulfonamides is 2. The second-order valence-corrected chi connectivity index (χ2v) is 10.3. The SMILES string of the molecule is CCS(=O)(=O)Nc1cc(OC)ccc1S(=O)(=O)N1C[C@H]2CNC[C@H]2C1. The van der Waals surface area contributed by atoms with Gasteiger partial charge in [0.1, 0.15) is 10.6 Å². The molecule has 3 rings (SSSR count). The van der Waals surface area contributed by atoms with E-state index in [1.807, 2.05) is 0 Å². The minimum Gasteiger partial charge on any atom is -0.497 e. The van der Waals surface area contributed by atoms with Gasteiger partial charge in [0.15, 0.2) is 0 Å². The van der Waals surface area contributed by atoms with Crippen LogP contribution in [-0.2, 0) is 20.0 Å². The molecule has 1 aromatic carbocycles. The Kier molecular flexibility index (Phi) is 4.97. The number of nitrogens with zero attached hydrogens (tertiary/aromatic N) is 1. The van der Waals surface area contributed by atoms with Crippen LogP contribution in [0.1, 0.15) is 6.92 Å². The minimum atomic E-state index is -3.79. The van der Waals surface area contributed by atoms with E-state index in [1.54, 1.807) is 0 Å². The number of nitrogens with one attached hydrogen (secondary N) is 2. The van der Waals surface area contributed by atoms with Gasteiger partial charge in [-0.2, -0.15) is 4.31 Å². The van der Waals surface area contributed by atoms with Crippen molar-refractivity contribution in [1.82, 2.24) is 9.62 Å². The molecule has 2 aliphatic heterocycles. The maximum atomic E-state index is 13.1. The van der Waals surface area contributed by atoms with Gasteiger partial charge in [0.05, 0.1) is 18.6 Å². The zero-order valence-corrected chi connectivity index (χ0v) is 15.9. The first-order chi connectivity index (χ1) is 11.8. The summed E-state index contributed by atoms with van der Waals surface area (Å²) in [5.41, 5.74) is 0.0244. The topological polar surface area (TPSA) is 105 Å². The summed E-state index contributed by atoms with van der Waals surface area (Å²) in [5.74, 6) is 0.853. The molecule has 2 N–H and O–H groups in total. The zero-order valence-electron chi connectivity index (χ0n) is 14.2. The highest BCUT2D eigenvalue weighted by atomic mass is 32.2. The number of fused-ring (bicyclic) bond motifs is 1. The summed E-state index contributed by atoms with van der Waals surface area (Å²) in [6, 6.07) is 4.32. The van der Waals surface area contributed by atoms with E-state index in [4.69, 9.17) is 4.74 Å². The zero-order chi connectivity index (χ0) is 18.2. The summed E-state index contributed by atoms with van der Waals surface area (Å²) in [6.45, 7) is 4.02. The van der Waals surface area contributed by atoms with Crippen molar-refractivity contribution >= 4 is 25.7 Å². The monoisotopic (exact) mass is 389 g/mol. The predicted molar refractivity (Wildman–Crippen MR) is 94.7 cm³/mol. The summed E-state index contributed by atoms with van der Waals surface area (Å²) in [4.78, 5) is -0.0433. The lowest BCUT2D eigenvalue weighted by atomic mass is 10.0. The molecule has 2 atom stereocenters. The first-order valence-electron chi connectivity index (χ1n) is 8.16. The van der Waals surface area contributed by atoms with Crippen LogP contribution in [-0.4, -0.2) is 60.2 Å².